The molecule has 32 heavy (non-hydrogen) atoms. The number of rotatable bonds is 6. The molecule has 1 amide bonds. The number of aromatic nitrogens is 3. The summed E-state index contributed by atoms with van der Waals surface area (Å²) >= 11 is 0. The largest absolute Gasteiger partial charge is 0.473 e. The Morgan fingerprint density at radius 2 is 2.00 bits per heavy atom. The number of fused-ring (bicyclic) bond motifs is 1. The zero-order chi connectivity index (χ0) is 22.7. The molecule has 3 aromatic rings. The Bertz CT molecular complexity index is 1090. The molecular weight excluding hydrogens is 420 g/mol. The zero-order valence-electron chi connectivity index (χ0n) is 17.7. The summed E-state index contributed by atoms with van der Waals surface area (Å²) in [4.78, 5) is 28.0. The number of hydrogen-bond acceptors (Lipinski definition) is 7. The van der Waals surface area contributed by atoms with Crippen LogP contribution in [0.2, 0.25) is 0 Å². The van der Waals surface area contributed by atoms with Crippen molar-refractivity contribution in [3.63, 3.8) is 0 Å². The highest BCUT2D eigenvalue weighted by molar-refractivity contribution is 5.83. The van der Waals surface area contributed by atoms with Gasteiger partial charge in [-0.05, 0) is 18.2 Å². The molecule has 0 bridgehead atoms. The van der Waals surface area contributed by atoms with Gasteiger partial charge in [0.15, 0.2) is 5.52 Å². The highest BCUT2D eigenvalue weighted by Gasteiger charge is 2.29. The number of alkyl halides is 2. The van der Waals surface area contributed by atoms with Gasteiger partial charge in [-0.3, -0.25) is 9.78 Å². The summed E-state index contributed by atoms with van der Waals surface area (Å²) in [6, 6.07) is 9.73. The van der Waals surface area contributed by atoms with Gasteiger partial charge in [0, 0.05) is 44.3 Å². The standard InChI is InChI=1S/C22H23F2N5O3/c1-28(2)15-5-3-14(4-6-15)17-11-18-19(26-8-7-25-18)21(27-17)32-13-16-12-29(9-10-31-16)22(30)20(23)24/h3-8,11,16,20H,9-10,12-13H2,1-2H3/t16-/m0/s1. The van der Waals surface area contributed by atoms with Gasteiger partial charge in [-0.2, -0.15) is 8.78 Å². The van der Waals surface area contributed by atoms with Crippen molar-refractivity contribution in [2.45, 2.75) is 12.5 Å². The van der Waals surface area contributed by atoms with Crippen molar-refractivity contribution < 1.29 is 23.0 Å². The fraction of sp³-hybridized carbons (Fsp3) is 0.364. The quantitative estimate of drug-likeness (QED) is 0.579. The topological polar surface area (TPSA) is 80.7 Å². The molecule has 168 valence electrons. The SMILES string of the molecule is CN(C)c1ccc(-c2cc3nccnc3c(OC[C@@H]3CN(C(=O)C(F)F)CCO3)n2)cc1. The smallest absolute Gasteiger partial charge is 0.315 e. The predicted molar refractivity (Wildman–Crippen MR) is 115 cm³/mol. The second kappa shape index (κ2) is 9.39. The van der Waals surface area contributed by atoms with E-state index in [1.807, 2.05) is 49.3 Å². The van der Waals surface area contributed by atoms with Crippen molar-refractivity contribution in [1.82, 2.24) is 19.9 Å². The molecule has 0 saturated carbocycles. The maximum atomic E-state index is 12.7. The number of ether oxygens (including phenoxy) is 2. The van der Waals surface area contributed by atoms with E-state index in [-0.39, 0.29) is 32.2 Å². The minimum absolute atomic E-state index is 0.0263. The van der Waals surface area contributed by atoms with Gasteiger partial charge in [0.1, 0.15) is 12.7 Å². The number of halogens is 2. The van der Waals surface area contributed by atoms with Gasteiger partial charge in [0.2, 0.25) is 5.88 Å². The lowest BCUT2D eigenvalue weighted by atomic mass is 10.1. The van der Waals surface area contributed by atoms with Gasteiger partial charge in [0.25, 0.3) is 5.91 Å². The first-order valence-electron chi connectivity index (χ1n) is 10.1. The molecule has 0 aliphatic carbocycles. The van der Waals surface area contributed by atoms with Crippen LogP contribution < -0.4 is 9.64 Å². The summed E-state index contributed by atoms with van der Waals surface area (Å²) < 4.78 is 37.0. The number of morpholine rings is 1. The highest BCUT2D eigenvalue weighted by atomic mass is 19.3. The third kappa shape index (κ3) is 4.75. The van der Waals surface area contributed by atoms with Crippen LogP contribution in [-0.4, -0.2) is 78.7 Å². The first kappa shape index (κ1) is 21.8. The van der Waals surface area contributed by atoms with Crippen LogP contribution in [0.4, 0.5) is 14.5 Å². The number of carbonyl (C=O) groups excluding carboxylic acids is 1. The first-order valence-corrected chi connectivity index (χ1v) is 10.1. The maximum Gasteiger partial charge on any atom is 0.315 e. The lowest BCUT2D eigenvalue weighted by Gasteiger charge is -2.32. The van der Waals surface area contributed by atoms with E-state index in [0.717, 1.165) is 16.2 Å². The van der Waals surface area contributed by atoms with Gasteiger partial charge in [0.05, 0.1) is 24.4 Å². The van der Waals surface area contributed by atoms with Gasteiger partial charge >= 0.3 is 6.43 Å². The molecule has 1 atom stereocenters. The molecule has 3 heterocycles. The third-order valence-electron chi connectivity index (χ3n) is 5.15. The molecule has 0 radical (unpaired) electrons. The van der Waals surface area contributed by atoms with Crippen LogP contribution in [0.15, 0.2) is 42.7 Å². The van der Waals surface area contributed by atoms with Crippen molar-refractivity contribution in [3.05, 3.63) is 42.7 Å². The van der Waals surface area contributed by atoms with Crippen LogP contribution in [-0.2, 0) is 9.53 Å². The Hall–Kier alpha value is -3.40. The first-order chi connectivity index (χ1) is 15.4. The zero-order valence-corrected chi connectivity index (χ0v) is 17.7. The van der Waals surface area contributed by atoms with E-state index in [4.69, 9.17) is 9.47 Å². The van der Waals surface area contributed by atoms with Gasteiger partial charge in [-0.1, -0.05) is 12.1 Å². The summed E-state index contributed by atoms with van der Waals surface area (Å²) in [6.45, 7) is 0.358. The lowest BCUT2D eigenvalue weighted by Crippen LogP contribution is -2.49. The van der Waals surface area contributed by atoms with Crippen molar-refractivity contribution >= 4 is 22.6 Å². The average Bonchev–Trinajstić information content (AvgIpc) is 2.82. The number of carbonyl (C=O) groups is 1. The van der Waals surface area contributed by atoms with E-state index < -0.39 is 18.4 Å². The number of amides is 1. The van der Waals surface area contributed by atoms with Crippen molar-refractivity contribution in [2.75, 3.05) is 45.3 Å². The van der Waals surface area contributed by atoms with E-state index in [1.54, 1.807) is 12.4 Å². The Morgan fingerprint density at radius 3 is 2.72 bits per heavy atom. The molecular formula is C22H23F2N5O3. The van der Waals surface area contributed by atoms with Crippen LogP contribution in [0, 0.1) is 0 Å². The average molecular weight is 443 g/mol. The number of benzene rings is 1. The molecule has 0 unspecified atom stereocenters. The molecule has 8 nitrogen and oxygen atoms in total. The van der Waals surface area contributed by atoms with Crippen molar-refractivity contribution in [2.24, 2.45) is 0 Å². The van der Waals surface area contributed by atoms with E-state index in [1.165, 1.54) is 0 Å². The molecule has 4 rings (SSSR count). The Labute approximate surface area is 183 Å². The Balaban J connectivity index is 1.56. The summed E-state index contributed by atoms with van der Waals surface area (Å²) in [5.41, 5.74) is 3.71. The van der Waals surface area contributed by atoms with Crippen molar-refractivity contribution in [1.29, 1.82) is 0 Å². The highest BCUT2D eigenvalue weighted by Crippen LogP contribution is 2.28. The number of hydrogen-bond donors (Lipinski definition) is 0. The summed E-state index contributed by atoms with van der Waals surface area (Å²) in [7, 11) is 3.93. The monoisotopic (exact) mass is 443 g/mol. The molecule has 1 aliphatic heterocycles. The fourth-order valence-electron chi connectivity index (χ4n) is 3.45. The third-order valence-corrected chi connectivity index (χ3v) is 5.15. The Morgan fingerprint density at radius 1 is 1.25 bits per heavy atom. The molecule has 1 aromatic carbocycles. The summed E-state index contributed by atoms with van der Waals surface area (Å²) in [6.07, 6.45) is -0.458. The van der Waals surface area contributed by atoms with Crippen LogP contribution >= 0.6 is 0 Å². The molecule has 0 N–H and O–H groups in total. The number of anilines is 1. The number of pyridine rings is 1. The van der Waals surface area contributed by atoms with E-state index in [9.17, 15) is 13.6 Å². The summed E-state index contributed by atoms with van der Waals surface area (Å²) in [5, 5.41) is 0. The molecule has 1 fully saturated rings. The van der Waals surface area contributed by atoms with Gasteiger partial charge in [-0.15, -0.1) is 0 Å². The van der Waals surface area contributed by atoms with Gasteiger partial charge in [-0.25, -0.2) is 9.97 Å². The lowest BCUT2D eigenvalue weighted by molar-refractivity contribution is -0.151. The molecule has 10 heteroatoms. The second-order valence-corrected chi connectivity index (χ2v) is 7.57. The second-order valence-electron chi connectivity index (χ2n) is 7.57. The van der Waals surface area contributed by atoms with Crippen molar-refractivity contribution in [3.8, 4) is 17.1 Å². The Kier molecular flexibility index (Phi) is 6.40. The van der Waals surface area contributed by atoms with E-state index >= 15 is 0 Å². The van der Waals surface area contributed by atoms with Crippen LogP contribution in [0.3, 0.4) is 0 Å². The molecule has 1 saturated heterocycles. The van der Waals surface area contributed by atoms with Crippen LogP contribution in [0.25, 0.3) is 22.3 Å². The minimum Gasteiger partial charge on any atom is -0.473 e. The van der Waals surface area contributed by atoms with E-state index in [2.05, 4.69) is 15.0 Å². The summed E-state index contributed by atoms with van der Waals surface area (Å²) in [5.74, 6) is -0.931. The molecule has 2 aromatic heterocycles. The molecule has 0 spiro atoms. The van der Waals surface area contributed by atoms with Crippen LogP contribution in [0.5, 0.6) is 5.88 Å². The minimum atomic E-state index is -3.04. The van der Waals surface area contributed by atoms with Crippen LogP contribution in [0.1, 0.15) is 0 Å². The molecule has 1 aliphatic rings. The predicted octanol–water partition coefficient (Wildman–Crippen LogP) is 2.63. The fourth-order valence-corrected chi connectivity index (χ4v) is 3.45. The normalized spacial score (nSPS) is 16.4. The van der Waals surface area contributed by atoms with E-state index in [0.29, 0.717) is 16.7 Å². The maximum absolute atomic E-state index is 12.7. The number of nitrogens with zero attached hydrogens (tertiary/aromatic N) is 5. The van der Waals surface area contributed by atoms with Gasteiger partial charge < -0.3 is 19.3 Å².